The van der Waals surface area contributed by atoms with E-state index < -0.39 is 5.97 Å². The smallest absolute Gasteiger partial charge is 0.343 e. The van der Waals surface area contributed by atoms with Crippen LogP contribution in [0.25, 0.3) is 0 Å². The SMILES string of the molecule is Cc1nc(COc2ccc(C(=O)Oc3ccccc3)cc2)cs1. The van der Waals surface area contributed by atoms with Crippen molar-refractivity contribution >= 4 is 17.3 Å². The van der Waals surface area contributed by atoms with Crippen LogP contribution in [0.1, 0.15) is 21.1 Å². The van der Waals surface area contributed by atoms with Crippen LogP contribution >= 0.6 is 11.3 Å². The number of thiazole rings is 1. The fourth-order valence-corrected chi connectivity index (χ4v) is 2.57. The highest BCUT2D eigenvalue weighted by Crippen LogP contribution is 2.17. The molecule has 0 bridgehead atoms. The van der Waals surface area contributed by atoms with Crippen LogP contribution in [0.5, 0.6) is 11.5 Å². The zero-order chi connectivity index (χ0) is 16.1. The van der Waals surface area contributed by atoms with Crippen molar-refractivity contribution < 1.29 is 14.3 Å². The minimum atomic E-state index is -0.391. The van der Waals surface area contributed by atoms with Gasteiger partial charge in [-0.15, -0.1) is 11.3 Å². The second-order valence-electron chi connectivity index (χ2n) is 4.87. The summed E-state index contributed by atoms with van der Waals surface area (Å²) >= 11 is 1.59. The molecule has 116 valence electrons. The summed E-state index contributed by atoms with van der Waals surface area (Å²) in [5.74, 6) is 0.821. The average Bonchev–Trinajstić information content (AvgIpc) is 3.00. The molecule has 0 aliphatic heterocycles. The number of nitrogens with zero attached hydrogens (tertiary/aromatic N) is 1. The van der Waals surface area contributed by atoms with Crippen molar-refractivity contribution in [3.05, 3.63) is 76.2 Å². The molecular weight excluding hydrogens is 310 g/mol. The highest BCUT2D eigenvalue weighted by atomic mass is 32.1. The molecule has 0 amide bonds. The molecule has 0 unspecified atom stereocenters. The molecule has 5 heteroatoms. The average molecular weight is 325 g/mol. The molecule has 0 saturated carbocycles. The molecule has 2 aromatic carbocycles. The minimum Gasteiger partial charge on any atom is -0.487 e. The van der Waals surface area contributed by atoms with Gasteiger partial charge in [-0.25, -0.2) is 9.78 Å². The molecule has 23 heavy (non-hydrogen) atoms. The number of para-hydroxylation sites is 1. The molecule has 0 fully saturated rings. The third kappa shape index (κ3) is 4.17. The predicted octanol–water partition coefficient (Wildman–Crippen LogP) is 4.25. The van der Waals surface area contributed by atoms with E-state index in [2.05, 4.69) is 4.98 Å². The van der Waals surface area contributed by atoms with Crippen LogP contribution in [-0.2, 0) is 6.61 Å². The van der Waals surface area contributed by atoms with Crippen molar-refractivity contribution in [3.8, 4) is 11.5 Å². The van der Waals surface area contributed by atoms with Crippen molar-refractivity contribution in [3.63, 3.8) is 0 Å². The first kappa shape index (κ1) is 15.2. The van der Waals surface area contributed by atoms with E-state index in [0.717, 1.165) is 10.7 Å². The lowest BCUT2D eigenvalue weighted by Crippen LogP contribution is -2.08. The second kappa shape index (κ2) is 7.07. The van der Waals surface area contributed by atoms with Crippen molar-refractivity contribution in [1.82, 2.24) is 4.98 Å². The normalized spacial score (nSPS) is 10.3. The van der Waals surface area contributed by atoms with Crippen LogP contribution in [0.2, 0.25) is 0 Å². The topological polar surface area (TPSA) is 48.4 Å². The lowest BCUT2D eigenvalue weighted by Gasteiger charge is -2.06. The Labute approximate surface area is 138 Å². The van der Waals surface area contributed by atoms with E-state index in [-0.39, 0.29) is 0 Å². The number of hydrogen-bond acceptors (Lipinski definition) is 5. The third-order valence-corrected chi connectivity index (χ3v) is 3.92. The Morgan fingerprint density at radius 1 is 1.04 bits per heavy atom. The predicted molar refractivity (Wildman–Crippen MR) is 89.0 cm³/mol. The van der Waals surface area contributed by atoms with E-state index in [0.29, 0.717) is 23.7 Å². The van der Waals surface area contributed by atoms with E-state index >= 15 is 0 Å². The highest BCUT2D eigenvalue weighted by molar-refractivity contribution is 7.09. The highest BCUT2D eigenvalue weighted by Gasteiger charge is 2.08. The number of carbonyl (C=O) groups excluding carboxylic acids is 1. The summed E-state index contributed by atoms with van der Waals surface area (Å²) in [7, 11) is 0. The summed E-state index contributed by atoms with van der Waals surface area (Å²) in [5.41, 5.74) is 1.38. The molecule has 0 aliphatic carbocycles. The Balaban J connectivity index is 1.59. The summed E-state index contributed by atoms with van der Waals surface area (Å²) < 4.78 is 10.9. The number of aryl methyl sites for hydroxylation is 1. The summed E-state index contributed by atoms with van der Waals surface area (Å²) in [6, 6.07) is 15.9. The molecule has 3 rings (SSSR count). The van der Waals surface area contributed by atoms with Crippen LogP contribution in [0, 0.1) is 6.92 Å². The Kier molecular flexibility index (Phi) is 4.68. The maximum atomic E-state index is 12.0. The Bertz CT molecular complexity index is 782. The van der Waals surface area contributed by atoms with Crippen LogP contribution in [-0.4, -0.2) is 11.0 Å². The van der Waals surface area contributed by atoms with Gasteiger partial charge in [0.1, 0.15) is 18.1 Å². The van der Waals surface area contributed by atoms with Gasteiger partial charge in [0.2, 0.25) is 0 Å². The molecule has 0 N–H and O–H groups in total. The second-order valence-corrected chi connectivity index (χ2v) is 5.94. The Morgan fingerprint density at radius 3 is 2.43 bits per heavy atom. The molecule has 4 nitrogen and oxygen atoms in total. The molecular formula is C18H15NO3S. The molecule has 1 heterocycles. The largest absolute Gasteiger partial charge is 0.487 e. The molecule has 0 aliphatic rings. The van der Waals surface area contributed by atoms with Crippen LogP contribution in [0.3, 0.4) is 0 Å². The van der Waals surface area contributed by atoms with Crippen LogP contribution in [0.4, 0.5) is 0 Å². The summed E-state index contributed by atoms with van der Waals surface area (Å²) in [6.45, 7) is 2.37. The van der Waals surface area contributed by atoms with Gasteiger partial charge in [0.15, 0.2) is 0 Å². The number of carbonyl (C=O) groups is 1. The Morgan fingerprint density at radius 2 is 1.78 bits per heavy atom. The van der Waals surface area contributed by atoms with Gasteiger partial charge in [0.05, 0.1) is 16.3 Å². The van der Waals surface area contributed by atoms with Crippen molar-refractivity contribution in [1.29, 1.82) is 0 Å². The minimum absolute atomic E-state index is 0.391. The van der Waals surface area contributed by atoms with Gasteiger partial charge in [0.25, 0.3) is 0 Å². The number of aromatic nitrogens is 1. The van der Waals surface area contributed by atoms with Gasteiger partial charge in [-0.3, -0.25) is 0 Å². The lowest BCUT2D eigenvalue weighted by molar-refractivity contribution is 0.0734. The molecule has 1 aromatic heterocycles. The first-order valence-electron chi connectivity index (χ1n) is 7.12. The number of rotatable bonds is 5. The molecule has 0 spiro atoms. The van der Waals surface area contributed by atoms with E-state index in [1.807, 2.05) is 30.5 Å². The molecule has 0 radical (unpaired) electrons. The van der Waals surface area contributed by atoms with Gasteiger partial charge in [-0.1, -0.05) is 18.2 Å². The number of benzene rings is 2. The standard InChI is InChI=1S/C18H15NO3S/c1-13-19-15(12-23-13)11-21-16-9-7-14(8-10-16)18(20)22-17-5-3-2-4-6-17/h2-10,12H,11H2,1H3. The molecule has 0 saturated heterocycles. The number of hydrogen-bond donors (Lipinski definition) is 0. The third-order valence-electron chi connectivity index (χ3n) is 3.10. The van der Waals surface area contributed by atoms with Gasteiger partial charge in [-0.05, 0) is 43.3 Å². The maximum absolute atomic E-state index is 12.0. The number of ether oxygens (including phenoxy) is 2. The molecule has 0 atom stereocenters. The van der Waals surface area contributed by atoms with Gasteiger partial charge in [-0.2, -0.15) is 0 Å². The lowest BCUT2D eigenvalue weighted by atomic mass is 10.2. The maximum Gasteiger partial charge on any atom is 0.343 e. The van der Waals surface area contributed by atoms with Gasteiger partial charge < -0.3 is 9.47 Å². The number of esters is 1. The van der Waals surface area contributed by atoms with Crippen LogP contribution in [0.15, 0.2) is 60.0 Å². The zero-order valence-electron chi connectivity index (χ0n) is 12.6. The first-order chi connectivity index (χ1) is 11.2. The first-order valence-corrected chi connectivity index (χ1v) is 8.00. The summed E-state index contributed by atoms with van der Waals surface area (Å²) in [4.78, 5) is 16.4. The van der Waals surface area contributed by atoms with Crippen molar-refractivity contribution in [2.45, 2.75) is 13.5 Å². The summed E-state index contributed by atoms with van der Waals surface area (Å²) in [5, 5.41) is 2.99. The van der Waals surface area contributed by atoms with Gasteiger partial charge >= 0.3 is 5.97 Å². The van der Waals surface area contributed by atoms with Gasteiger partial charge in [0, 0.05) is 5.38 Å². The quantitative estimate of drug-likeness (QED) is 0.520. The van der Waals surface area contributed by atoms with E-state index in [1.54, 1.807) is 47.7 Å². The van der Waals surface area contributed by atoms with E-state index in [1.165, 1.54) is 0 Å². The molecule has 3 aromatic rings. The van der Waals surface area contributed by atoms with Crippen molar-refractivity contribution in [2.75, 3.05) is 0 Å². The van der Waals surface area contributed by atoms with Crippen molar-refractivity contribution in [2.24, 2.45) is 0 Å². The fourth-order valence-electron chi connectivity index (χ4n) is 1.97. The fraction of sp³-hybridized carbons (Fsp3) is 0.111. The van der Waals surface area contributed by atoms with Crippen LogP contribution < -0.4 is 9.47 Å². The summed E-state index contributed by atoms with van der Waals surface area (Å²) in [6.07, 6.45) is 0. The Hall–Kier alpha value is -2.66. The zero-order valence-corrected chi connectivity index (χ0v) is 13.4. The monoisotopic (exact) mass is 325 g/mol. The van der Waals surface area contributed by atoms with E-state index in [4.69, 9.17) is 9.47 Å². The van der Waals surface area contributed by atoms with E-state index in [9.17, 15) is 4.79 Å².